The summed E-state index contributed by atoms with van der Waals surface area (Å²) in [4.78, 5) is 12.4. The third-order valence-electron chi connectivity index (χ3n) is 5.48. The molecule has 0 heterocycles. The first-order valence-electron chi connectivity index (χ1n) is 9.40. The van der Waals surface area contributed by atoms with E-state index in [0.29, 0.717) is 12.8 Å². The van der Waals surface area contributed by atoms with Crippen LogP contribution in [-0.2, 0) is 19.4 Å². The van der Waals surface area contributed by atoms with Crippen LogP contribution in [0.4, 0.5) is 13.2 Å². The van der Waals surface area contributed by atoms with Crippen molar-refractivity contribution in [3.63, 3.8) is 0 Å². The van der Waals surface area contributed by atoms with Crippen molar-refractivity contribution in [1.29, 1.82) is 5.26 Å². The molecule has 12 heteroatoms. The van der Waals surface area contributed by atoms with Crippen molar-refractivity contribution in [3.8, 4) is 11.8 Å². The molecule has 3 rings (SSSR count). The number of amides is 1. The largest absolute Gasteiger partial charge is 0.484 e. The monoisotopic (exact) mass is 480 g/mol. The second-order valence-electron chi connectivity index (χ2n) is 7.70. The number of nitriles is 1. The first-order chi connectivity index (χ1) is 14.4. The number of methoxy groups -OCH3 is 1. The van der Waals surface area contributed by atoms with Gasteiger partial charge in [0.25, 0.3) is 0 Å². The van der Waals surface area contributed by atoms with E-state index in [2.05, 4.69) is 10.1 Å². The molecule has 1 amide bonds. The van der Waals surface area contributed by atoms with Crippen molar-refractivity contribution in [2.45, 2.75) is 53.6 Å². The lowest BCUT2D eigenvalue weighted by molar-refractivity contribution is -0.153. The second kappa shape index (κ2) is 8.48. The summed E-state index contributed by atoms with van der Waals surface area (Å²) in [6.45, 7) is -1.53. The Morgan fingerprint density at radius 1 is 1.35 bits per heavy atom. The van der Waals surface area contributed by atoms with Crippen molar-refractivity contribution in [2.24, 2.45) is 5.92 Å². The maximum atomic E-state index is 13.1. The normalized spacial score (nSPS) is 25.0. The predicted molar refractivity (Wildman–Crippen MR) is 103 cm³/mol. The van der Waals surface area contributed by atoms with E-state index >= 15 is 0 Å². The zero-order valence-electron chi connectivity index (χ0n) is 16.4. The maximum absolute atomic E-state index is 13.1. The highest BCUT2D eigenvalue weighted by atomic mass is 35.5. The molecule has 170 valence electrons. The van der Waals surface area contributed by atoms with Gasteiger partial charge in [-0.1, -0.05) is 11.6 Å². The van der Waals surface area contributed by atoms with Crippen molar-refractivity contribution in [3.05, 3.63) is 23.2 Å². The molecule has 0 saturated heterocycles. The van der Waals surface area contributed by atoms with Gasteiger partial charge in [0, 0.05) is 13.2 Å². The number of carbonyl (C=O) groups excluding carboxylic acids is 1. The van der Waals surface area contributed by atoms with E-state index in [1.807, 2.05) is 6.07 Å². The fraction of sp³-hybridized carbons (Fsp3) is 0.579. The van der Waals surface area contributed by atoms with Crippen LogP contribution in [0.15, 0.2) is 23.1 Å². The number of rotatable bonds is 7. The Balaban J connectivity index is 1.75. The number of hydrogen-bond acceptors (Lipinski definition) is 6. The molecule has 1 aromatic carbocycles. The zero-order valence-corrected chi connectivity index (χ0v) is 18.0. The van der Waals surface area contributed by atoms with Gasteiger partial charge in [-0.3, -0.25) is 4.79 Å². The molecule has 2 saturated carbocycles. The zero-order chi connectivity index (χ0) is 23.0. The number of hydrogen-bond donors (Lipinski definition) is 1. The number of sulfone groups is 1. The number of ether oxygens (including phenoxy) is 2. The summed E-state index contributed by atoms with van der Waals surface area (Å²) in [5.74, 6) is -1.42. The number of nitrogens with one attached hydrogen (secondary N) is 1. The molecule has 3 atom stereocenters. The minimum absolute atomic E-state index is 0.0309. The van der Waals surface area contributed by atoms with Gasteiger partial charge in [0.15, 0.2) is 16.4 Å². The highest BCUT2D eigenvalue weighted by Gasteiger charge is 2.50. The van der Waals surface area contributed by atoms with Crippen molar-refractivity contribution < 1.29 is 35.9 Å². The third kappa shape index (κ3) is 5.25. The van der Waals surface area contributed by atoms with Gasteiger partial charge in [-0.05, 0) is 37.8 Å². The standard InChI is InChI=1S/C19H20ClF3N2O5S/c1-29-15-8-12(7-13(15)17(26)25-18(9-24)4-5-18)31(27,28)16-3-2-11(6-14(16)20)30-10-19(21,22)23/h2-3,6,12-13,15H,4-5,7-8,10H2,1H3,(H,25,26)/t12-,13-,15-/m0/s1. The Bertz CT molecular complexity index is 1000. The van der Waals surface area contributed by atoms with Gasteiger partial charge in [0.05, 0.1) is 33.3 Å². The molecule has 0 aliphatic heterocycles. The molecule has 0 bridgehead atoms. The lowest BCUT2D eigenvalue weighted by Gasteiger charge is -2.19. The highest BCUT2D eigenvalue weighted by Crippen LogP contribution is 2.40. The van der Waals surface area contributed by atoms with Crippen molar-refractivity contribution in [1.82, 2.24) is 5.32 Å². The lowest BCUT2D eigenvalue weighted by Crippen LogP contribution is -2.42. The van der Waals surface area contributed by atoms with Crippen LogP contribution in [0, 0.1) is 17.2 Å². The van der Waals surface area contributed by atoms with Gasteiger partial charge in [-0.2, -0.15) is 18.4 Å². The number of alkyl halides is 3. The Morgan fingerprint density at radius 3 is 2.55 bits per heavy atom. The van der Waals surface area contributed by atoms with Gasteiger partial charge < -0.3 is 14.8 Å². The van der Waals surface area contributed by atoms with Crippen LogP contribution in [0.2, 0.25) is 5.02 Å². The van der Waals surface area contributed by atoms with E-state index in [-0.39, 0.29) is 28.5 Å². The predicted octanol–water partition coefficient (Wildman–Crippen LogP) is 3.02. The van der Waals surface area contributed by atoms with Gasteiger partial charge in [0.2, 0.25) is 5.91 Å². The summed E-state index contributed by atoms with van der Waals surface area (Å²) >= 11 is 6.04. The minimum Gasteiger partial charge on any atom is -0.484 e. The fourth-order valence-corrected chi connectivity index (χ4v) is 5.95. The summed E-state index contributed by atoms with van der Waals surface area (Å²) in [6.07, 6.45) is -4.12. The summed E-state index contributed by atoms with van der Waals surface area (Å²) < 4.78 is 73.1. The summed E-state index contributed by atoms with van der Waals surface area (Å²) in [5, 5.41) is 10.6. The average molecular weight is 481 g/mol. The molecule has 2 aliphatic carbocycles. The smallest absolute Gasteiger partial charge is 0.422 e. The molecule has 31 heavy (non-hydrogen) atoms. The van der Waals surface area contributed by atoms with Gasteiger partial charge >= 0.3 is 6.18 Å². The lowest BCUT2D eigenvalue weighted by atomic mass is 10.0. The Morgan fingerprint density at radius 2 is 2.03 bits per heavy atom. The first-order valence-corrected chi connectivity index (χ1v) is 11.3. The first kappa shape index (κ1) is 23.6. The molecule has 1 aromatic rings. The molecule has 0 spiro atoms. The van der Waals surface area contributed by atoms with Gasteiger partial charge in [-0.25, -0.2) is 8.42 Å². The minimum atomic E-state index is -4.55. The summed E-state index contributed by atoms with van der Waals surface area (Å²) in [5.41, 5.74) is -0.887. The number of nitrogens with zero attached hydrogens (tertiary/aromatic N) is 1. The van der Waals surface area contributed by atoms with Crippen LogP contribution in [0.25, 0.3) is 0 Å². The van der Waals surface area contributed by atoms with Gasteiger partial charge in [0.1, 0.15) is 11.3 Å². The molecule has 0 unspecified atom stereocenters. The SMILES string of the molecule is CO[C@H]1C[C@@H](S(=O)(=O)c2ccc(OCC(F)(F)F)cc2Cl)C[C@@H]1C(=O)NC1(C#N)CC1. The second-order valence-corrected chi connectivity index (χ2v) is 10.3. The summed E-state index contributed by atoms with van der Waals surface area (Å²) in [7, 11) is -2.64. The molecular weight excluding hydrogens is 461 g/mol. The van der Waals surface area contributed by atoms with Crippen LogP contribution in [0.5, 0.6) is 5.75 Å². The van der Waals surface area contributed by atoms with E-state index in [1.165, 1.54) is 7.11 Å². The van der Waals surface area contributed by atoms with Gasteiger partial charge in [-0.15, -0.1) is 0 Å². The average Bonchev–Trinajstić information content (AvgIpc) is 3.31. The van der Waals surface area contributed by atoms with Crippen LogP contribution in [0.3, 0.4) is 0 Å². The maximum Gasteiger partial charge on any atom is 0.422 e. The van der Waals surface area contributed by atoms with Crippen LogP contribution < -0.4 is 10.1 Å². The van der Waals surface area contributed by atoms with E-state index in [4.69, 9.17) is 21.6 Å². The van der Waals surface area contributed by atoms with Crippen LogP contribution in [-0.4, -0.2) is 51.1 Å². The molecule has 7 nitrogen and oxygen atoms in total. The van der Waals surface area contributed by atoms with E-state index in [9.17, 15) is 26.4 Å². The van der Waals surface area contributed by atoms with Crippen LogP contribution in [0.1, 0.15) is 25.7 Å². The Kier molecular flexibility index (Phi) is 6.47. The quantitative estimate of drug-likeness (QED) is 0.643. The van der Waals surface area contributed by atoms with Crippen molar-refractivity contribution in [2.75, 3.05) is 13.7 Å². The topological polar surface area (TPSA) is 105 Å². The van der Waals surface area contributed by atoms with E-state index in [0.717, 1.165) is 18.2 Å². The molecule has 2 fully saturated rings. The molecule has 0 radical (unpaired) electrons. The number of carbonyl (C=O) groups is 1. The molecule has 0 aromatic heterocycles. The molecule has 2 aliphatic rings. The van der Waals surface area contributed by atoms with Crippen LogP contribution >= 0.6 is 11.6 Å². The van der Waals surface area contributed by atoms with E-state index in [1.54, 1.807) is 0 Å². The number of benzene rings is 1. The fourth-order valence-electron chi connectivity index (χ4n) is 3.61. The molecule has 1 N–H and O–H groups in total. The number of halogens is 4. The Hall–Kier alpha value is -2.03. The Labute approximate surface area is 182 Å². The molecular formula is C19H20ClF3N2O5S. The van der Waals surface area contributed by atoms with E-state index < -0.39 is 51.3 Å². The summed E-state index contributed by atoms with van der Waals surface area (Å²) in [6, 6.07) is 5.25. The van der Waals surface area contributed by atoms with Crippen molar-refractivity contribution >= 4 is 27.3 Å². The highest BCUT2D eigenvalue weighted by molar-refractivity contribution is 7.92. The third-order valence-corrected chi connectivity index (χ3v) is 8.13.